The van der Waals surface area contributed by atoms with Crippen molar-refractivity contribution in [1.82, 2.24) is 0 Å². The average Bonchev–Trinajstić information content (AvgIpc) is 2.66. The Bertz CT molecular complexity index is 900. The van der Waals surface area contributed by atoms with Crippen molar-refractivity contribution in [1.29, 1.82) is 0 Å². The van der Waals surface area contributed by atoms with Gasteiger partial charge in [0.15, 0.2) is 0 Å². The summed E-state index contributed by atoms with van der Waals surface area (Å²) in [5, 5.41) is 2.97. The summed E-state index contributed by atoms with van der Waals surface area (Å²) in [6.07, 6.45) is 0.547. The van der Waals surface area contributed by atoms with Gasteiger partial charge >= 0.3 is 7.60 Å². The summed E-state index contributed by atoms with van der Waals surface area (Å²) < 4.78 is 23.7. The van der Waals surface area contributed by atoms with Gasteiger partial charge in [0, 0.05) is 19.2 Å². The number of rotatable bonds is 6. The van der Waals surface area contributed by atoms with Crippen molar-refractivity contribution in [2.45, 2.75) is 12.1 Å². The van der Waals surface area contributed by atoms with E-state index in [9.17, 15) is 4.57 Å². The third-order valence-electron chi connectivity index (χ3n) is 4.39. The fourth-order valence-corrected chi connectivity index (χ4v) is 4.77. The number of fused-ring (bicyclic) bond motifs is 1. The SMILES string of the molecule is COP(=O)(OC)C(Cc1ccc2ccccc2c1)c1ccc(Cl)cc1. The van der Waals surface area contributed by atoms with Gasteiger partial charge in [-0.15, -0.1) is 0 Å². The summed E-state index contributed by atoms with van der Waals surface area (Å²) in [5.74, 6) is 0. The summed E-state index contributed by atoms with van der Waals surface area (Å²) in [6.45, 7) is 0. The molecule has 0 spiro atoms. The van der Waals surface area contributed by atoms with Crippen LogP contribution in [0.5, 0.6) is 0 Å². The van der Waals surface area contributed by atoms with Crippen LogP contribution in [0.2, 0.25) is 5.02 Å². The number of benzene rings is 3. The second-order valence-corrected chi connectivity index (χ2v) is 8.73. The normalized spacial score (nSPS) is 13.1. The molecule has 1 unspecified atom stereocenters. The van der Waals surface area contributed by atoms with Crippen molar-refractivity contribution in [2.24, 2.45) is 0 Å². The zero-order chi connectivity index (χ0) is 17.9. The van der Waals surface area contributed by atoms with E-state index in [0.717, 1.165) is 16.5 Å². The first-order chi connectivity index (χ1) is 12.1. The largest absolute Gasteiger partial charge is 0.337 e. The molecule has 0 saturated carbocycles. The third kappa shape index (κ3) is 3.96. The van der Waals surface area contributed by atoms with E-state index in [2.05, 4.69) is 30.3 Å². The number of hydrogen-bond donors (Lipinski definition) is 0. The van der Waals surface area contributed by atoms with E-state index in [1.54, 1.807) is 12.1 Å². The van der Waals surface area contributed by atoms with Gasteiger partial charge in [0.05, 0.1) is 5.66 Å². The summed E-state index contributed by atoms with van der Waals surface area (Å²) in [7, 11) is -0.449. The van der Waals surface area contributed by atoms with Gasteiger partial charge in [-0.3, -0.25) is 4.57 Å². The Morgan fingerprint density at radius 3 is 2.20 bits per heavy atom. The van der Waals surface area contributed by atoms with Crippen LogP contribution in [0.1, 0.15) is 16.8 Å². The first-order valence-electron chi connectivity index (χ1n) is 8.00. The van der Waals surface area contributed by atoms with Gasteiger partial charge in [-0.25, -0.2) is 0 Å². The standard InChI is InChI=1S/C20H20ClO3P/c1-23-25(22,24-2)20(17-9-11-19(21)12-10-17)14-15-7-8-16-5-3-4-6-18(16)13-15/h3-13,20H,14H2,1-2H3. The monoisotopic (exact) mass is 374 g/mol. The van der Waals surface area contributed by atoms with Crippen LogP contribution in [0, 0.1) is 0 Å². The topological polar surface area (TPSA) is 35.5 Å². The molecule has 0 heterocycles. The van der Waals surface area contributed by atoms with Crippen molar-refractivity contribution in [3.8, 4) is 0 Å². The lowest BCUT2D eigenvalue weighted by atomic mass is 10.0. The van der Waals surface area contributed by atoms with Crippen molar-refractivity contribution >= 4 is 30.0 Å². The van der Waals surface area contributed by atoms with E-state index < -0.39 is 13.3 Å². The molecule has 3 aromatic rings. The van der Waals surface area contributed by atoms with E-state index in [1.165, 1.54) is 19.6 Å². The van der Waals surface area contributed by atoms with Gasteiger partial charge in [-0.1, -0.05) is 66.2 Å². The molecule has 0 fully saturated rings. The Morgan fingerprint density at radius 2 is 1.56 bits per heavy atom. The van der Waals surface area contributed by atoms with Crippen LogP contribution in [0.3, 0.4) is 0 Å². The minimum atomic E-state index is -3.30. The first-order valence-corrected chi connectivity index (χ1v) is 9.99. The fourth-order valence-electron chi connectivity index (χ4n) is 3.02. The molecule has 0 amide bonds. The van der Waals surface area contributed by atoms with Crippen LogP contribution in [-0.4, -0.2) is 14.2 Å². The molecule has 3 aromatic carbocycles. The Labute approximate surface area is 153 Å². The lowest BCUT2D eigenvalue weighted by Crippen LogP contribution is -2.07. The third-order valence-corrected chi connectivity index (χ3v) is 6.90. The summed E-state index contributed by atoms with van der Waals surface area (Å²) in [4.78, 5) is 0. The van der Waals surface area contributed by atoms with Gasteiger partial charge in [0.25, 0.3) is 0 Å². The summed E-state index contributed by atoms with van der Waals surface area (Å²) in [6, 6.07) is 21.8. The minimum Gasteiger partial charge on any atom is -0.312 e. The van der Waals surface area contributed by atoms with Crippen LogP contribution in [-0.2, 0) is 20.0 Å². The molecule has 0 aliphatic heterocycles. The molecule has 1 atom stereocenters. The van der Waals surface area contributed by atoms with Crippen molar-refractivity contribution in [3.05, 3.63) is 82.9 Å². The van der Waals surface area contributed by atoms with E-state index in [1.807, 2.05) is 24.3 Å². The molecule has 130 valence electrons. The maximum Gasteiger partial charge on any atom is 0.337 e. The predicted octanol–water partition coefficient (Wildman–Crippen LogP) is 6.26. The van der Waals surface area contributed by atoms with Crippen LogP contribution in [0.4, 0.5) is 0 Å². The van der Waals surface area contributed by atoms with E-state index in [0.29, 0.717) is 11.4 Å². The molecule has 0 aliphatic rings. The minimum absolute atomic E-state index is 0.402. The van der Waals surface area contributed by atoms with Gasteiger partial charge in [0.2, 0.25) is 0 Å². The molecule has 0 saturated heterocycles. The second kappa shape index (κ2) is 7.72. The molecule has 5 heteroatoms. The van der Waals surface area contributed by atoms with Gasteiger partial charge in [-0.05, 0) is 40.5 Å². The number of hydrogen-bond acceptors (Lipinski definition) is 3. The maximum atomic E-state index is 13.1. The van der Waals surface area contributed by atoms with Gasteiger partial charge < -0.3 is 9.05 Å². The smallest absolute Gasteiger partial charge is 0.312 e. The molecule has 3 nitrogen and oxygen atoms in total. The average molecular weight is 375 g/mol. The highest BCUT2D eigenvalue weighted by Gasteiger charge is 2.35. The Kier molecular flexibility index (Phi) is 5.61. The number of halogens is 1. The summed E-state index contributed by atoms with van der Waals surface area (Å²) in [5.41, 5.74) is 1.55. The molecule has 3 rings (SSSR count). The van der Waals surface area contributed by atoms with E-state index >= 15 is 0 Å². The lowest BCUT2D eigenvalue weighted by molar-refractivity contribution is 0.265. The molecule has 25 heavy (non-hydrogen) atoms. The van der Waals surface area contributed by atoms with Crippen LogP contribution in [0.25, 0.3) is 10.8 Å². The highest BCUT2D eigenvalue weighted by atomic mass is 35.5. The highest BCUT2D eigenvalue weighted by Crippen LogP contribution is 2.61. The first kappa shape index (κ1) is 18.2. The van der Waals surface area contributed by atoms with Gasteiger partial charge in [0.1, 0.15) is 0 Å². The Balaban J connectivity index is 2.01. The van der Waals surface area contributed by atoms with Crippen LogP contribution < -0.4 is 0 Å². The second-order valence-electron chi connectivity index (χ2n) is 5.86. The molecule has 0 aromatic heterocycles. The van der Waals surface area contributed by atoms with E-state index in [4.69, 9.17) is 20.6 Å². The molecular weight excluding hydrogens is 355 g/mol. The quantitative estimate of drug-likeness (QED) is 0.477. The highest BCUT2D eigenvalue weighted by molar-refractivity contribution is 7.54. The fraction of sp³-hybridized carbons (Fsp3) is 0.200. The molecule has 0 aliphatic carbocycles. The van der Waals surface area contributed by atoms with Crippen molar-refractivity contribution in [3.63, 3.8) is 0 Å². The molecule has 0 N–H and O–H groups in total. The maximum absolute atomic E-state index is 13.1. The zero-order valence-electron chi connectivity index (χ0n) is 14.2. The molecular formula is C20H20ClO3P. The van der Waals surface area contributed by atoms with Crippen molar-refractivity contribution in [2.75, 3.05) is 14.2 Å². The lowest BCUT2D eigenvalue weighted by Gasteiger charge is -2.25. The predicted molar refractivity (Wildman–Crippen MR) is 103 cm³/mol. The van der Waals surface area contributed by atoms with Crippen molar-refractivity contribution < 1.29 is 13.6 Å². The summed E-state index contributed by atoms with van der Waals surface area (Å²) >= 11 is 5.99. The van der Waals surface area contributed by atoms with E-state index in [-0.39, 0.29) is 0 Å². The Morgan fingerprint density at radius 1 is 0.920 bits per heavy atom. The molecule has 0 radical (unpaired) electrons. The molecule has 0 bridgehead atoms. The zero-order valence-corrected chi connectivity index (χ0v) is 15.8. The Hall–Kier alpha value is -1.64. The van der Waals surface area contributed by atoms with Crippen LogP contribution in [0.15, 0.2) is 66.7 Å². The van der Waals surface area contributed by atoms with Gasteiger partial charge in [-0.2, -0.15) is 0 Å². The van der Waals surface area contributed by atoms with Crippen LogP contribution >= 0.6 is 19.2 Å².